The van der Waals surface area contributed by atoms with Crippen LogP contribution in [0.15, 0.2) is 24.3 Å². The van der Waals surface area contributed by atoms with Crippen LogP contribution in [-0.2, 0) is 21.3 Å². The Bertz CT molecular complexity index is 932. The molecule has 2 bridgehead atoms. The number of hydrogen-bond donors (Lipinski definition) is 1. The summed E-state index contributed by atoms with van der Waals surface area (Å²) >= 11 is 0. The van der Waals surface area contributed by atoms with Crippen molar-refractivity contribution in [2.24, 2.45) is 0 Å². The van der Waals surface area contributed by atoms with Crippen molar-refractivity contribution < 1.29 is 22.7 Å². The Morgan fingerprint density at radius 2 is 2.10 bits per heavy atom. The normalized spacial score (nSPS) is 32.9. The number of nitrogens with zero attached hydrogens (tertiary/aromatic N) is 2. The summed E-state index contributed by atoms with van der Waals surface area (Å²) in [4.78, 5) is 14.6. The van der Waals surface area contributed by atoms with Gasteiger partial charge in [0.25, 0.3) is 0 Å². The Morgan fingerprint density at radius 3 is 2.87 bits per heavy atom. The SMILES string of the molecule is COc1cccc(CN2C[C@@]34CN(C(=O)NC5CCCC5)C[C@@H](C[C@@H]3S2(=O)=O)O4)c1. The minimum atomic E-state index is -3.51. The van der Waals surface area contributed by atoms with Gasteiger partial charge >= 0.3 is 6.03 Å². The molecule has 5 rings (SSSR count). The molecule has 1 aromatic carbocycles. The number of morpholine rings is 1. The first-order chi connectivity index (χ1) is 14.4. The summed E-state index contributed by atoms with van der Waals surface area (Å²) < 4.78 is 39.7. The molecule has 9 heteroatoms. The second kappa shape index (κ2) is 7.39. The minimum Gasteiger partial charge on any atom is -0.497 e. The van der Waals surface area contributed by atoms with Crippen LogP contribution in [-0.4, -0.2) is 73.4 Å². The van der Waals surface area contributed by atoms with E-state index in [0.29, 0.717) is 25.3 Å². The van der Waals surface area contributed by atoms with Crippen LogP contribution in [0.25, 0.3) is 0 Å². The average Bonchev–Trinajstić information content (AvgIpc) is 3.37. The second-order valence-electron chi connectivity index (χ2n) is 9.00. The maximum Gasteiger partial charge on any atom is 0.317 e. The lowest BCUT2D eigenvalue weighted by Gasteiger charge is -2.39. The number of amides is 2. The second-order valence-corrected chi connectivity index (χ2v) is 11.1. The van der Waals surface area contributed by atoms with Crippen LogP contribution in [0.1, 0.15) is 37.7 Å². The Balaban J connectivity index is 1.33. The molecule has 8 nitrogen and oxygen atoms in total. The van der Waals surface area contributed by atoms with Crippen LogP contribution in [0.2, 0.25) is 0 Å². The van der Waals surface area contributed by atoms with E-state index in [4.69, 9.17) is 9.47 Å². The molecule has 2 amide bonds. The molecule has 4 aliphatic rings. The van der Waals surface area contributed by atoms with E-state index in [1.807, 2.05) is 24.3 Å². The Labute approximate surface area is 177 Å². The summed E-state index contributed by atoms with van der Waals surface area (Å²) in [5.74, 6) is 0.700. The lowest BCUT2D eigenvalue weighted by atomic mass is 9.99. The largest absolute Gasteiger partial charge is 0.497 e. The molecule has 1 aliphatic carbocycles. The highest BCUT2D eigenvalue weighted by Gasteiger charge is 2.65. The number of benzene rings is 1. The van der Waals surface area contributed by atoms with E-state index in [1.165, 1.54) is 4.31 Å². The van der Waals surface area contributed by atoms with Crippen molar-refractivity contribution in [2.75, 3.05) is 26.7 Å². The fourth-order valence-corrected chi connectivity index (χ4v) is 7.85. The van der Waals surface area contributed by atoms with Gasteiger partial charge in [-0.25, -0.2) is 13.2 Å². The van der Waals surface area contributed by atoms with Crippen molar-refractivity contribution in [1.82, 2.24) is 14.5 Å². The number of hydrogen-bond acceptors (Lipinski definition) is 5. The van der Waals surface area contributed by atoms with Gasteiger partial charge in [-0.15, -0.1) is 0 Å². The van der Waals surface area contributed by atoms with Crippen molar-refractivity contribution in [3.8, 4) is 5.75 Å². The number of carbonyl (C=O) groups is 1. The third-order valence-electron chi connectivity index (χ3n) is 6.97. The molecule has 3 aliphatic heterocycles. The van der Waals surface area contributed by atoms with Gasteiger partial charge in [-0.05, 0) is 37.0 Å². The molecule has 3 atom stereocenters. The van der Waals surface area contributed by atoms with E-state index >= 15 is 0 Å². The van der Waals surface area contributed by atoms with Crippen molar-refractivity contribution in [3.05, 3.63) is 29.8 Å². The first-order valence-corrected chi connectivity index (χ1v) is 12.3. The highest BCUT2D eigenvalue weighted by atomic mass is 32.2. The van der Waals surface area contributed by atoms with E-state index in [2.05, 4.69) is 5.32 Å². The lowest BCUT2D eigenvalue weighted by molar-refractivity contribution is -0.0959. The first-order valence-electron chi connectivity index (χ1n) is 10.7. The van der Waals surface area contributed by atoms with Crippen LogP contribution in [0, 0.1) is 0 Å². The molecule has 30 heavy (non-hydrogen) atoms. The van der Waals surface area contributed by atoms with Crippen molar-refractivity contribution >= 4 is 16.1 Å². The van der Waals surface area contributed by atoms with Crippen LogP contribution >= 0.6 is 0 Å². The Kier molecular flexibility index (Phi) is 4.95. The van der Waals surface area contributed by atoms with Crippen LogP contribution < -0.4 is 10.1 Å². The van der Waals surface area contributed by atoms with Gasteiger partial charge in [0.15, 0.2) is 0 Å². The summed E-state index contributed by atoms with van der Waals surface area (Å²) in [6.07, 6.45) is 4.59. The van der Waals surface area contributed by atoms with E-state index in [0.717, 1.165) is 31.2 Å². The number of rotatable bonds is 4. The summed E-state index contributed by atoms with van der Waals surface area (Å²) in [6.45, 7) is 1.34. The fourth-order valence-electron chi connectivity index (χ4n) is 5.56. The molecule has 164 valence electrons. The molecule has 3 saturated heterocycles. The van der Waals surface area contributed by atoms with E-state index in [1.54, 1.807) is 12.0 Å². The number of likely N-dealkylation sites (tertiary alicyclic amines) is 1. The molecular formula is C21H29N3O5S. The molecule has 1 spiro atoms. The predicted molar refractivity (Wildman–Crippen MR) is 111 cm³/mol. The average molecular weight is 436 g/mol. The molecule has 0 radical (unpaired) electrons. The molecule has 1 N–H and O–H groups in total. The van der Waals surface area contributed by atoms with Crippen LogP contribution in [0.3, 0.4) is 0 Å². The zero-order chi connectivity index (χ0) is 20.9. The van der Waals surface area contributed by atoms with Gasteiger partial charge in [0.1, 0.15) is 16.6 Å². The van der Waals surface area contributed by atoms with Gasteiger partial charge in [-0.3, -0.25) is 0 Å². The van der Waals surface area contributed by atoms with Crippen molar-refractivity contribution in [1.29, 1.82) is 0 Å². The Hall–Kier alpha value is -1.84. The first kappa shape index (κ1) is 20.1. The summed E-state index contributed by atoms with van der Waals surface area (Å²) in [5, 5.41) is 2.54. The zero-order valence-electron chi connectivity index (χ0n) is 17.2. The maximum atomic E-state index is 13.3. The third-order valence-corrected chi connectivity index (χ3v) is 9.29. The van der Waals surface area contributed by atoms with Gasteiger partial charge in [0.2, 0.25) is 10.0 Å². The highest BCUT2D eigenvalue weighted by molar-refractivity contribution is 7.90. The molecule has 0 unspecified atom stereocenters. The molecule has 1 saturated carbocycles. The van der Waals surface area contributed by atoms with Crippen molar-refractivity contribution in [3.63, 3.8) is 0 Å². The summed E-state index contributed by atoms with van der Waals surface area (Å²) in [6, 6.07) is 7.61. The lowest BCUT2D eigenvalue weighted by Crippen LogP contribution is -2.59. The number of carbonyl (C=O) groups excluding carboxylic acids is 1. The third kappa shape index (κ3) is 3.36. The summed E-state index contributed by atoms with van der Waals surface area (Å²) in [5.41, 5.74) is 0.0330. The van der Waals surface area contributed by atoms with Gasteiger partial charge in [0, 0.05) is 25.7 Å². The van der Waals surface area contributed by atoms with Gasteiger partial charge in [0.05, 0.1) is 19.8 Å². The maximum absolute atomic E-state index is 13.3. The number of nitrogens with one attached hydrogen (secondary N) is 1. The molecule has 4 fully saturated rings. The predicted octanol–water partition coefficient (Wildman–Crippen LogP) is 1.70. The van der Waals surface area contributed by atoms with Gasteiger partial charge in [-0.2, -0.15) is 4.31 Å². The quantitative estimate of drug-likeness (QED) is 0.778. The Morgan fingerprint density at radius 1 is 1.30 bits per heavy atom. The van der Waals surface area contributed by atoms with Gasteiger partial charge < -0.3 is 19.7 Å². The summed E-state index contributed by atoms with van der Waals surface area (Å²) in [7, 11) is -1.91. The molecular weight excluding hydrogens is 406 g/mol. The zero-order valence-corrected chi connectivity index (χ0v) is 18.1. The standard InChI is InChI=1S/C21H29N3O5S/c1-28-17-8-4-5-15(9-17)11-24-14-21-13-23(20(25)22-16-6-2-3-7-16)12-18(29-21)10-19(21)30(24,26)27/h4-5,8-9,16,18-19H,2-3,6-7,10-14H2,1H3,(H,22,25)/t18-,19+,21+/m1/s1. The topological polar surface area (TPSA) is 88.2 Å². The van der Waals surface area contributed by atoms with Crippen LogP contribution in [0.5, 0.6) is 5.75 Å². The van der Waals surface area contributed by atoms with Crippen molar-refractivity contribution in [2.45, 2.75) is 61.6 Å². The monoisotopic (exact) mass is 435 g/mol. The minimum absolute atomic E-state index is 0.0844. The fraction of sp³-hybridized carbons (Fsp3) is 0.667. The number of fused-ring (bicyclic) bond motifs is 1. The molecule has 1 aromatic rings. The molecule has 3 heterocycles. The number of ether oxygens (including phenoxy) is 2. The van der Waals surface area contributed by atoms with E-state index in [-0.39, 0.29) is 31.3 Å². The molecule has 0 aromatic heterocycles. The number of urea groups is 1. The number of methoxy groups -OCH3 is 1. The van der Waals surface area contributed by atoms with E-state index in [9.17, 15) is 13.2 Å². The van der Waals surface area contributed by atoms with Crippen LogP contribution in [0.4, 0.5) is 4.79 Å². The number of sulfonamides is 1. The smallest absolute Gasteiger partial charge is 0.317 e. The highest BCUT2D eigenvalue weighted by Crippen LogP contribution is 2.47. The van der Waals surface area contributed by atoms with Gasteiger partial charge in [-0.1, -0.05) is 25.0 Å². The van der Waals surface area contributed by atoms with E-state index < -0.39 is 20.9 Å².